The number of carboxylic acid groups (broad SMARTS) is 1. The Labute approximate surface area is 178 Å². The van der Waals surface area contributed by atoms with Gasteiger partial charge in [0.1, 0.15) is 11.6 Å². The molecule has 2 N–H and O–H groups in total. The maximum Gasteiger partial charge on any atom is 0.303 e. The topological polar surface area (TPSA) is 115 Å². The van der Waals surface area contributed by atoms with E-state index in [1.807, 2.05) is 12.1 Å². The van der Waals surface area contributed by atoms with E-state index in [9.17, 15) is 14.0 Å². The molecule has 3 aromatic rings. The molecule has 0 unspecified atom stereocenters. The highest BCUT2D eigenvalue weighted by Crippen LogP contribution is 2.17. The van der Waals surface area contributed by atoms with Crippen LogP contribution in [-0.2, 0) is 22.6 Å². The molecule has 0 aliphatic rings. The van der Waals surface area contributed by atoms with Crippen LogP contribution in [0.2, 0.25) is 0 Å². The van der Waals surface area contributed by atoms with E-state index >= 15 is 0 Å². The Morgan fingerprint density at radius 1 is 1.06 bits per heavy atom. The Morgan fingerprint density at radius 3 is 2.52 bits per heavy atom. The van der Waals surface area contributed by atoms with Crippen molar-refractivity contribution in [3.63, 3.8) is 0 Å². The molecule has 0 spiro atoms. The second-order valence-corrected chi connectivity index (χ2v) is 6.79. The molecule has 8 nitrogen and oxygen atoms in total. The molecular formula is C22H22FN3O5. The SMILES string of the molecule is O=C(O)CCCOc1ccc(CNC(=O)CCc2nc(-c3ccc(F)cc3)no2)cc1. The lowest BCUT2D eigenvalue weighted by Gasteiger charge is -2.07. The summed E-state index contributed by atoms with van der Waals surface area (Å²) in [6.45, 7) is 0.698. The number of aryl methyl sites for hydroxylation is 1. The smallest absolute Gasteiger partial charge is 0.303 e. The van der Waals surface area contributed by atoms with Crippen molar-refractivity contribution >= 4 is 11.9 Å². The maximum atomic E-state index is 13.0. The van der Waals surface area contributed by atoms with Crippen LogP contribution >= 0.6 is 0 Å². The summed E-state index contributed by atoms with van der Waals surface area (Å²) in [6, 6.07) is 13.0. The van der Waals surface area contributed by atoms with Gasteiger partial charge in [-0.2, -0.15) is 4.98 Å². The van der Waals surface area contributed by atoms with E-state index in [1.165, 1.54) is 12.1 Å². The lowest BCUT2D eigenvalue weighted by molar-refractivity contribution is -0.137. The lowest BCUT2D eigenvalue weighted by atomic mass is 10.2. The van der Waals surface area contributed by atoms with E-state index < -0.39 is 5.97 Å². The van der Waals surface area contributed by atoms with Crippen molar-refractivity contribution in [2.75, 3.05) is 6.61 Å². The summed E-state index contributed by atoms with van der Waals surface area (Å²) >= 11 is 0. The Bertz CT molecular complexity index is 1000. The van der Waals surface area contributed by atoms with Crippen LogP contribution in [0.1, 0.15) is 30.7 Å². The standard InChI is InChI=1S/C22H22FN3O5/c23-17-7-5-16(6-8-17)22-25-20(31-26-22)12-11-19(27)24-14-15-3-9-18(10-4-15)30-13-1-2-21(28)29/h3-10H,1-2,11-14H2,(H,24,27)(H,28,29). The monoisotopic (exact) mass is 427 g/mol. The maximum absolute atomic E-state index is 13.0. The average Bonchev–Trinajstić information content (AvgIpc) is 3.24. The average molecular weight is 427 g/mol. The van der Waals surface area contributed by atoms with Crippen molar-refractivity contribution in [1.29, 1.82) is 0 Å². The van der Waals surface area contributed by atoms with Crippen molar-refractivity contribution in [2.45, 2.75) is 32.2 Å². The minimum atomic E-state index is -0.845. The van der Waals surface area contributed by atoms with E-state index in [-0.39, 0.29) is 24.6 Å². The van der Waals surface area contributed by atoms with Crippen molar-refractivity contribution < 1.29 is 28.3 Å². The zero-order chi connectivity index (χ0) is 22.1. The quantitative estimate of drug-likeness (QED) is 0.451. The number of carbonyl (C=O) groups excluding carboxylic acids is 1. The summed E-state index contributed by atoms with van der Waals surface area (Å²) in [5, 5.41) is 15.3. The van der Waals surface area contributed by atoms with E-state index in [0.29, 0.717) is 49.0 Å². The van der Waals surface area contributed by atoms with Crippen molar-refractivity contribution in [3.8, 4) is 17.1 Å². The molecule has 0 fully saturated rings. The molecule has 0 aliphatic heterocycles. The number of aliphatic carboxylic acids is 1. The van der Waals surface area contributed by atoms with Crippen LogP contribution in [0.4, 0.5) is 4.39 Å². The van der Waals surface area contributed by atoms with Gasteiger partial charge >= 0.3 is 5.97 Å². The number of rotatable bonds is 11. The first kappa shape index (κ1) is 21.9. The molecule has 1 amide bonds. The number of carboxylic acids is 1. The number of hydrogen-bond donors (Lipinski definition) is 2. The number of carbonyl (C=O) groups is 2. The third-order valence-electron chi connectivity index (χ3n) is 4.35. The molecule has 162 valence electrons. The largest absolute Gasteiger partial charge is 0.494 e. The number of nitrogens with one attached hydrogen (secondary N) is 1. The Hall–Kier alpha value is -3.75. The molecule has 0 aliphatic carbocycles. The fourth-order valence-corrected chi connectivity index (χ4v) is 2.70. The summed E-state index contributed by atoms with van der Waals surface area (Å²) in [7, 11) is 0. The van der Waals surface area contributed by atoms with E-state index in [2.05, 4.69) is 15.5 Å². The van der Waals surface area contributed by atoms with Gasteiger partial charge < -0.3 is 19.7 Å². The highest BCUT2D eigenvalue weighted by molar-refractivity contribution is 5.76. The molecule has 0 radical (unpaired) electrons. The van der Waals surface area contributed by atoms with Crippen molar-refractivity contribution in [2.24, 2.45) is 0 Å². The van der Waals surface area contributed by atoms with Gasteiger partial charge in [0.25, 0.3) is 0 Å². The summed E-state index contributed by atoms with van der Waals surface area (Å²) in [4.78, 5) is 26.8. The van der Waals surface area contributed by atoms with Gasteiger partial charge in [0.15, 0.2) is 0 Å². The van der Waals surface area contributed by atoms with Crippen LogP contribution in [0.3, 0.4) is 0 Å². The van der Waals surface area contributed by atoms with Crippen LogP contribution in [-0.4, -0.2) is 33.7 Å². The summed E-state index contributed by atoms with van der Waals surface area (Å²) in [5.41, 5.74) is 1.54. The first-order valence-corrected chi connectivity index (χ1v) is 9.78. The van der Waals surface area contributed by atoms with E-state index in [0.717, 1.165) is 5.56 Å². The summed E-state index contributed by atoms with van der Waals surface area (Å²) in [5.74, 6) is -0.0203. The molecular weight excluding hydrogens is 405 g/mol. The molecule has 31 heavy (non-hydrogen) atoms. The molecule has 0 atom stereocenters. The number of aromatic nitrogens is 2. The molecule has 0 saturated carbocycles. The second-order valence-electron chi connectivity index (χ2n) is 6.79. The highest BCUT2D eigenvalue weighted by atomic mass is 19.1. The molecule has 2 aromatic carbocycles. The van der Waals surface area contributed by atoms with Crippen molar-refractivity contribution in [3.05, 3.63) is 65.8 Å². The Balaban J connectivity index is 1.38. The summed E-state index contributed by atoms with van der Waals surface area (Å²) < 4.78 is 23.6. The minimum absolute atomic E-state index is 0.0707. The number of halogens is 1. The molecule has 9 heteroatoms. The Kier molecular flexibility index (Phi) is 7.69. The molecule has 0 saturated heterocycles. The van der Waals surface area contributed by atoms with Gasteiger partial charge in [-0.3, -0.25) is 9.59 Å². The predicted molar refractivity (Wildman–Crippen MR) is 109 cm³/mol. The van der Waals surface area contributed by atoms with Gasteiger partial charge in [-0.05, 0) is 48.4 Å². The van der Waals surface area contributed by atoms with Gasteiger partial charge in [0.05, 0.1) is 6.61 Å². The van der Waals surface area contributed by atoms with Crippen molar-refractivity contribution in [1.82, 2.24) is 15.5 Å². The third kappa shape index (κ3) is 7.22. The molecule has 1 aromatic heterocycles. The lowest BCUT2D eigenvalue weighted by Crippen LogP contribution is -2.23. The third-order valence-corrected chi connectivity index (χ3v) is 4.35. The first-order valence-electron chi connectivity index (χ1n) is 9.78. The van der Waals surface area contributed by atoms with Gasteiger partial charge in [0.2, 0.25) is 17.6 Å². The fourth-order valence-electron chi connectivity index (χ4n) is 2.70. The van der Waals surface area contributed by atoms with Gasteiger partial charge in [0, 0.05) is 31.4 Å². The zero-order valence-electron chi connectivity index (χ0n) is 16.7. The normalized spacial score (nSPS) is 10.6. The summed E-state index contributed by atoms with van der Waals surface area (Å²) in [6.07, 6.45) is 0.999. The highest BCUT2D eigenvalue weighted by Gasteiger charge is 2.11. The number of benzene rings is 2. The number of hydrogen-bond acceptors (Lipinski definition) is 6. The zero-order valence-corrected chi connectivity index (χ0v) is 16.7. The van der Waals surface area contributed by atoms with Crippen LogP contribution < -0.4 is 10.1 Å². The minimum Gasteiger partial charge on any atom is -0.494 e. The fraction of sp³-hybridized carbons (Fsp3) is 0.273. The van der Waals surface area contributed by atoms with E-state index in [1.54, 1.807) is 24.3 Å². The molecule has 0 bridgehead atoms. The predicted octanol–water partition coefficient (Wildman–Crippen LogP) is 3.37. The number of amides is 1. The van der Waals surface area contributed by atoms with Crippen LogP contribution in [0.15, 0.2) is 53.1 Å². The Morgan fingerprint density at radius 2 is 1.81 bits per heavy atom. The van der Waals surface area contributed by atoms with E-state index in [4.69, 9.17) is 14.4 Å². The van der Waals surface area contributed by atoms with Crippen LogP contribution in [0, 0.1) is 5.82 Å². The molecule has 1 heterocycles. The number of ether oxygens (including phenoxy) is 1. The van der Waals surface area contributed by atoms with Gasteiger partial charge in [-0.25, -0.2) is 4.39 Å². The molecule has 3 rings (SSSR count). The first-order chi connectivity index (χ1) is 15.0. The van der Waals surface area contributed by atoms with Crippen LogP contribution in [0.5, 0.6) is 5.75 Å². The number of nitrogens with zero attached hydrogens (tertiary/aromatic N) is 2. The van der Waals surface area contributed by atoms with Crippen LogP contribution in [0.25, 0.3) is 11.4 Å². The second kappa shape index (κ2) is 10.9. The van der Waals surface area contributed by atoms with Gasteiger partial charge in [-0.1, -0.05) is 17.3 Å². The van der Waals surface area contributed by atoms with Gasteiger partial charge in [-0.15, -0.1) is 0 Å².